The molecular formula is C13H24N2O. The van der Waals surface area contributed by atoms with Crippen molar-refractivity contribution in [3.05, 3.63) is 0 Å². The summed E-state index contributed by atoms with van der Waals surface area (Å²) in [5.74, 6) is 0. The van der Waals surface area contributed by atoms with Gasteiger partial charge in [-0.1, -0.05) is 0 Å². The molecule has 92 valence electrons. The number of likely N-dealkylation sites (tertiary alicyclic amines) is 1. The van der Waals surface area contributed by atoms with Crippen LogP contribution >= 0.6 is 0 Å². The smallest absolute Gasteiger partial charge is 0.0601 e. The van der Waals surface area contributed by atoms with E-state index in [4.69, 9.17) is 4.74 Å². The lowest BCUT2D eigenvalue weighted by atomic mass is 9.76. The summed E-state index contributed by atoms with van der Waals surface area (Å²) in [6.07, 6.45) is 7.31. The van der Waals surface area contributed by atoms with Crippen LogP contribution < -0.4 is 5.32 Å². The lowest BCUT2D eigenvalue weighted by Crippen LogP contribution is -2.52. The molecule has 2 heterocycles. The van der Waals surface area contributed by atoms with Crippen molar-refractivity contribution in [1.29, 1.82) is 0 Å². The van der Waals surface area contributed by atoms with E-state index in [1.54, 1.807) is 0 Å². The summed E-state index contributed by atoms with van der Waals surface area (Å²) in [6, 6.07) is 0.830. The monoisotopic (exact) mass is 224 g/mol. The van der Waals surface area contributed by atoms with Crippen molar-refractivity contribution < 1.29 is 4.74 Å². The minimum Gasteiger partial charge on any atom is -0.381 e. The second-order valence-electron chi connectivity index (χ2n) is 5.95. The predicted molar refractivity (Wildman–Crippen MR) is 64.5 cm³/mol. The van der Waals surface area contributed by atoms with Crippen molar-refractivity contribution in [3.8, 4) is 0 Å². The fourth-order valence-electron chi connectivity index (χ4n) is 3.61. The molecule has 1 aliphatic carbocycles. The molecule has 1 N–H and O–H groups in total. The summed E-state index contributed by atoms with van der Waals surface area (Å²) in [6.45, 7) is 5.16. The van der Waals surface area contributed by atoms with E-state index in [2.05, 4.69) is 10.2 Å². The number of piperidine rings is 1. The molecule has 0 amide bonds. The van der Waals surface area contributed by atoms with Crippen LogP contribution in [0.3, 0.4) is 0 Å². The van der Waals surface area contributed by atoms with Crippen molar-refractivity contribution in [1.82, 2.24) is 10.2 Å². The SMILES string of the molecule is COC1CC(N2CCC3(CCNC3)CC2)C1. The molecule has 3 heteroatoms. The topological polar surface area (TPSA) is 24.5 Å². The minimum absolute atomic E-state index is 0.550. The van der Waals surface area contributed by atoms with Crippen LogP contribution in [0.2, 0.25) is 0 Å². The van der Waals surface area contributed by atoms with Gasteiger partial charge in [-0.3, -0.25) is 0 Å². The van der Waals surface area contributed by atoms with E-state index < -0.39 is 0 Å². The van der Waals surface area contributed by atoms with Gasteiger partial charge in [-0.2, -0.15) is 0 Å². The highest BCUT2D eigenvalue weighted by Crippen LogP contribution is 2.39. The predicted octanol–water partition coefficient (Wildman–Crippen LogP) is 1.24. The quantitative estimate of drug-likeness (QED) is 0.764. The Labute approximate surface area is 98.5 Å². The van der Waals surface area contributed by atoms with E-state index in [0.29, 0.717) is 11.5 Å². The second-order valence-corrected chi connectivity index (χ2v) is 5.95. The molecule has 3 aliphatic rings. The number of ether oxygens (including phenoxy) is 1. The summed E-state index contributed by atoms with van der Waals surface area (Å²) in [7, 11) is 1.84. The zero-order valence-corrected chi connectivity index (χ0v) is 10.4. The van der Waals surface area contributed by atoms with Gasteiger partial charge >= 0.3 is 0 Å². The lowest BCUT2D eigenvalue weighted by molar-refractivity contribution is -0.0434. The zero-order chi connectivity index (χ0) is 11.0. The summed E-state index contributed by atoms with van der Waals surface area (Å²) in [5, 5.41) is 3.53. The Hall–Kier alpha value is -0.120. The molecule has 0 aromatic heterocycles. The summed E-state index contributed by atoms with van der Waals surface area (Å²) < 4.78 is 5.36. The Morgan fingerprint density at radius 3 is 2.50 bits per heavy atom. The number of nitrogens with one attached hydrogen (secondary N) is 1. The van der Waals surface area contributed by atoms with E-state index in [9.17, 15) is 0 Å². The fraction of sp³-hybridized carbons (Fsp3) is 1.00. The van der Waals surface area contributed by atoms with Gasteiger partial charge in [-0.15, -0.1) is 0 Å². The van der Waals surface area contributed by atoms with Gasteiger partial charge in [0.2, 0.25) is 0 Å². The van der Waals surface area contributed by atoms with E-state index >= 15 is 0 Å². The first kappa shape index (κ1) is 11.0. The zero-order valence-electron chi connectivity index (χ0n) is 10.4. The molecule has 0 atom stereocenters. The second kappa shape index (κ2) is 4.28. The Morgan fingerprint density at radius 2 is 1.94 bits per heavy atom. The first-order chi connectivity index (χ1) is 7.81. The summed E-state index contributed by atoms with van der Waals surface area (Å²) >= 11 is 0. The van der Waals surface area contributed by atoms with Crippen molar-refractivity contribution in [3.63, 3.8) is 0 Å². The third-order valence-corrected chi connectivity index (χ3v) is 5.11. The van der Waals surface area contributed by atoms with E-state index in [-0.39, 0.29) is 0 Å². The highest BCUT2D eigenvalue weighted by atomic mass is 16.5. The molecule has 1 spiro atoms. The molecule has 3 nitrogen and oxygen atoms in total. The van der Waals surface area contributed by atoms with Crippen molar-refractivity contribution >= 4 is 0 Å². The molecular weight excluding hydrogens is 200 g/mol. The van der Waals surface area contributed by atoms with Crippen LogP contribution in [0.25, 0.3) is 0 Å². The van der Waals surface area contributed by atoms with Crippen LogP contribution in [0.15, 0.2) is 0 Å². The average molecular weight is 224 g/mol. The molecule has 1 saturated carbocycles. The molecule has 0 radical (unpaired) electrons. The van der Waals surface area contributed by atoms with E-state index in [0.717, 1.165) is 6.04 Å². The van der Waals surface area contributed by atoms with E-state index in [1.165, 1.54) is 58.3 Å². The summed E-state index contributed by atoms with van der Waals surface area (Å²) in [5.41, 5.74) is 0.668. The maximum atomic E-state index is 5.36. The number of hydrogen-bond acceptors (Lipinski definition) is 3. The van der Waals surface area contributed by atoms with Crippen molar-refractivity contribution in [2.45, 2.75) is 44.2 Å². The first-order valence-corrected chi connectivity index (χ1v) is 6.79. The molecule has 3 rings (SSSR count). The Balaban J connectivity index is 1.48. The van der Waals surface area contributed by atoms with E-state index in [1.807, 2.05) is 7.11 Å². The Morgan fingerprint density at radius 1 is 1.19 bits per heavy atom. The van der Waals surface area contributed by atoms with Gasteiger partial charge in [0.05, 0.1) is 6.10 Å². The van der Waals surface area contributed by atoms with Gasteiger partial charge in [0.1, 0.15) is 0 Å². The lowest BCUT2D eigenvalue weighted by Gasteiger charge is -2.47. The molecule has 2 aliphatic heterocycles. The van der Waals surface area contributed by atoms with Crippen LogP contribution in [0.4, 0.5) is 0 Å². The maximum Gasteiger partial charge on any atom is 0.0601 e. The molecule has 2 saturated heterocycles. The molecule has 0 aromatic rings. The van der Waals surface area contributed by atoms with Gasteiger partial charge in [-0.25, -0.2) is 0 Å². The third kappa shape index (κ3) is 1.89. The van der Waals surface area contributed by atoms with Crippen LogP contribution in [0, 0.1) is 5.41 Å². The number of nitrogens with zero attached hydrogens (tertiary/aromatic N) is 1. The van der Waals surface area contributed by atoms with Crippen molar-refractivity contribution in [2.75, 3.05) is 33.3 Å². The van der Waals surface area contributed by atoms with Gasteiger partial charge in [0, 0.05) is 19.7 Å². The highest BCUT2D eigenvalue weighted by Gasteiger charge is 2.41. The van der Waals surface area contributed by atoms with Gasteiger partial charge in [0.25, 0.3) is 0 Å². The van der Waals surface area contributed by atoms with Crippen LogP contribution in [0.5, 0.6) is 0 Å². The van der Waals surface area contributed by atoms with Crippen LogP contribution in [-0.4, -0.2) is 50.3 Å². The molecule has 16 heavy (non-hydrogen) atoms. The largest absolute Gasteiger partial charge is 0.381 e. The number of rotatable bonds is 2. The molecule has 3 fully saturated rings. The number of methoxy groups -OCH3 is 1. The van der Waals surface area contributed by atoms with Gasteiger partial charge in [0.15, 0.2) is 0 Å². The standard InChI is InChI=1S/C13H24N2O/c1-16-12-8-11(9-12)15-6-3-13(4-7-15)2-5-14-10-13/h11-12,14H,2-10H2,1H3. The third-order valence-electron chi connectivity index (χ3n) is 5.11. The average Bonchev–Trinajstić information content (AvgIpc) is 2.68. The molecule has 0 unspecified atom stereocenters. The Bertz CT molecular complexity index is 234. The number of hydrogen-bond donors (Lipinski definition) is 1. The maximum absolute atomic E-state index is 5.36. The first-order valence-electron chi connectivity index (χ1n) is 6.79. The van der Waals surface area contributed by atoms with Crippen LogP contribution in [-0.2, 0) is 4.74 Å². The van der Waals surface area contributed by atoms with Crippen LogP contribution in [0.1, 0.15) is 32.1 Å². The fourth-order valence-corrected chi connectivity index (χ4v) is 3.61. The normalized spacial score (nSPS) is 38.8. The minimum atomic E-state index is 0.550. The van der Waals surface area contributed by atoms with Crippen molar-refractivity contribution in [2.24, 2.45) is 5.41 Å². The molecule has 0 bridgehead atoms. The van der Waals surface area contributed by atoms with Gasteiger partial charge in [-0.05, 0) is 57.2 Å². The Kier molecular flexibility index (Phi) is 2.94. The molecule has 0 aromatic carbocycles. The highest BCUT2D eigenvalue weighted by molar-refractivity contribution is 4.96. The summed E-state index contributed by atoms with van der Waals surface area (Å²) in [4.78, 5) is 2.71. The van der Waals surface area contributed by atoms with Gasteiger partial charge < -0.3 is 15.0 Å².